The summed E-state index contributed by atoms with van der Waals surface area (Å²) in [7, 11) is -2.87. The molecule has 2 rings (SSSR count). The van der Waals surface area contributed by atoms with Gasteiger partial charge in [-0.1, -0.05) is 12.1 Å². The fourth-order valence-electron chi connectivity index (χ4n) is 2.17. The molecule has 0 radical (unpaired) electrons. The van der Waals surface area contributed by atoms with Crippen LogP contribution in [-0.2, 0) is 16.4 Å². The summed E-state index contributed by atoms with van der Waals surface area (Å²) in [6.45, 7) is 0.529. The second-order valence-corrected chi connectivity index (χ2v) is 8.44. The third kappa shape index (κ3) is 5.88. The molecule has 0 spiro atoms. The van der Waals surface area contributed by atoms with Gasteiger partial charge >= 0.3 is 5.51 Å². The second kappa shape index (κ2) is 6.58. The average molecular weight is 339 g/mol. The summed E-state index contributed by atoms with van der Waals surface area (Å²) in [4.78, 5) is 0.162. The first-order chi connectivity index (χ1) is 9.73. The van der Waals surface area contributed by atoms with Crippen molar-refractivity contribution in [3.63, 3.8) is 0 Å². The maximum Gasteiger partial charge on any atom is 0.446 e. The van der Waals surface area contributed by atoms with Crippen LogP contribution >= 0.6 is 11.8 Å². The molecule has 1 aliphatic heterocycles. The zero-order valence-electron chi connectivity index (χ0n) is 11.2. The number of sulfone groups is 1. The minimum Gasteiger partial charge on any atom is -0.310 e. The van der Waals surface area contributed by atoms with E-state index in [-0.39, 0.29) is 34.2 Å². The van der Waals surface area contributed by atoms with E-state index in [1.54, 1.807) is 12.1 Å². The minimum absolute atomic E-state index is 0.132. The number of rotatable bonds is 4. The van der Waals surface area contributed by atoms with Crippen LogP contribution in [0, 0.1) is 0 Å². The van der Waals surface area contributed by atoms with E-state index in [2.05, 4.69) is 5.32 Å². The van der Waals surface area contributed by atoms with Gasteiger partial charge in [0.2, 0.25) is 0 Å². The van der Waals surface area contributed by atoms with Crippen LogP contribution in [0.25, 0.3) is 0 Å². The summed E-state index contributed by atoms with van der Waals surface area (Å²) in [6, 6.07) is 6.35. The molecule has 0 atom stereocenters. The number of thioether (sulfide) groups is 1. The van der Waals surface area contributed by atoms with Crippen molar-refractivity contribution in [2.24, 2.45) is 0 Å². The van der Waals surface area contributed by atoms with Gasteiger partial charge < -0.3 is 5.32 Å². The molecular weight excluding hydrogens is 323 g/mol. The first kappa shape index (κ1) is 16.6. The SMILES string of the molecule is O=S1(=O)CCC(NCc2ccc(SC(F)(F)F)cc2)CC1. The predicted octanol–water partition coefficient (Wildman–Crippen LogP) is 2.97. The van der Waals surface area contributed by atoms with E-state index in [0.29, 0.717) is 19.4 Å². The predicted molar refractivity (Wildman–Crippen MR) is 76.9 cm³/mol. The largest absolute Gasteiger partial charge is 0.446 e. The van der Waals surface area contributed by atoms with E-state index in [1.165, 1.54) is 12.1 Å². The fraction of sp³-hybridized carbons (Fsp3) is 0.538. The summed E-state index contributed by atoms with van der Waals surface area (Å²) >= 11 is -0.132. The summed E-state index contributed by atoms with van der Waals surface area (Å²) in [5, 5.41) is 3.25. The molecule has 1 aromatic rings. The Morgan fingerprint density at radius 1 is 1.14 bits per heavy atom. The Balaban J connectivity index is 1.81. The lowest BCUT2D eigenvalue weighted by molar-refractivity contribution is -0.0328. The standard InChI is InChI=1S/C13H16F3NO2S2/c14-13(15,16)20-12-3-1-10(2-4-12)9-17-11-5-7-21(18,19)8-6-11/h1-4,11,17H,5-9H2. The molecule has 8 heteroatoms. The molecule has 0 amide bonds. The monoisotopic (exact) mass is 339 g/mol. The highest BCUT2D eigenvalue weighted by atomic mass is 32.2. The van der Waals surface area contributed by atoms with Crippen molar-refractivity contribution in [3.8, 4) is 0 Å². The van der Waals surface area contributed by atoms with Gasteiger partial charge in [0.05, 0.1) is 11.5 Å². The van der Waals surface area contributed by atoms with Crippen LogP contribution < -0.4 is 5.32 Å². The van der Waals surface area contributed by atoms with Crippen LogP contribution in [0.5, 0.6) is 0 Å². The Labute approximate surface area is 126 Å². The Kier molecular flexibility index (Phi) is 5.21. The number of alkyl halides is 3. The summed E-state index contributed by atoms with van der Waals surface area (Å²) in [5.74, 6) is 0.400. The van der Waals surface area contributed by atoms with E-state index in [4.69, 9.17) is 0 Å². The molecule has 3 nitrogen and oxygen atoms in total. The van der Waals surface area contributed by atoms with Gasteiger partial charge in [-0.15, -0.1) is 0 Å². The van der Waals surface area contributed by atoms with Gasteiger partial charge in [-0.3, -0.25) is 0 Å². The van der Waals surface area contributed by atoms with E-state index in [1.807, 2.05) is 0 Å². The van der Waals surface area contributed by atoms with Gasteiger partial charge in [-0.2, -0.15) is 13.2 Å². The molecular formula is C13H16F3NO2S2. The van der Waals surface area contributed by atoms with Gasteiger partial charge in [0.15, 0.2) is 0 Å². The lowest BCUT2D eigenvalue weighted by Gasteiger charge is -2.23. The first-order valence-electron chi connectivity index (χ1n) is 6.52. The molecule has 1 aliphatic rings. The number of nitrogens with one attached hydrogen (secondary N) is 1. The molecule has 21 heavy (non-hydrogen) atoms. The Hall–Kier alpha value is -0.730. The van der Waals surface area contributed by atoms with Crippen LogP contribution in [0.3, 0.4) is 0 Å². The van der Waals surface area contributed by atoms with Crippen molar-refractivity contribution in [2.45, 2.75) is 35.8 Å². The topological polar surface area (TPSA) is 46.2 Å². The molecule has 1 aromatic carbocycles. The Morgan fingerprint density at radius 2 is 1.71 bits per heavy atom. The molecule has 1 heterocycles. The lowest BCUT2D eigenvalue weighted by atomic mass is 10.1. The minimum atomic E-state index is -4.27. The molecule has 0 unspecified atom stereocenters. The van der Waals surface area contributed by atoms with E-state index < -0.39 is 15.3 Å². The van der Waals surface area contributed by atoms with Gasteiger partial charge in [-0.25, -0.2) is 8.42 Å². The molecule has 1 fully saturated rings. The maximum absolute atomic E-state index is 12.2. The number of hydrogen-bond donors (Lipinski definition) is 1. The molecule has 118 valence electrons. The van der Waals surface area contributed by atoms with Crippen LogP contribution in [0.4, 0.5) is 13.2 Å². The maximum atomic E-state index is 12.2. The third-order valence-corrected chi connectivity index (χ3v) is 5.76. The second-order valence-electron chi connectivity index (χ2n) is 5.00. The number of halogens is 3. The quantitative estimate of drug-likeness (QED) is 0.857. The highest BCUT2D eigenvalue weighted by Crippen LogP contribution is 2.36. The molecule has 0 aliphatic carbocycles. The van der Waals surface area contributed by atoms with Gasteiger partial charge in [0.25, 0.3) is 0 Å². The van der Waals surface area contributed by atoms with Crippen molar-refractivity contribution in [1.82, 2.24) is 5.32 Å². The number of hydrogen-bond acceptors (Lipinski definition) is 4. The molecule has 1 N–H and O–H groups in total. The molecule has 0 bridgehead atoms. The highest BCUT2D eigenvalue weighted by Gasteiger charge is 2.29. The number of benzene rings is 1. The molecule has 0 saturated carbocycles. The zero-order chi connectivity index (χ0) is 15.5. The van der Waals surface area contributed by atoms with Crippen molar-refractivity contribution < 1.29 is 21.6 Å². The van der Waals surface area contributed by atoms with E-state index in [0.717, 1.165) is 5.56 Å². The Bertz CT molecular complexity index is 556. The first-order valence-corrected chi connectivity index (χ1v) is 9.16. The summed E-state index contributed by atoms with van der Waals surface area (Å²) in [5.41, 5.74) is -3.39. The average Bonchev–Trinajstić information content (AvgIpc) is 2.37. The van der Waals surface area contributed by atoms with Gasteiger partial charge in [0.1, 0.15) is 9.84 Å². The zero-order valence-corrected chi connectivity index (χ0v) is 12.8. The van der Waals surface area contributed by atoms with Crippen molar-refractivity contribution in [1.29, 1.82) is 0 Å². The van der Waals surface area contributed by atoms with E-state index in [9.17, 15) is 21.6 Å². The van der Waals surface area contributed by atoms with Crippen molar-refractivity contribution in [3.05, 3.63) is 29.8 Å². The van der Waals surface area contributed by atoms with Crippen molar-refractivity contribution >= 4 is 21.6 Å². The van der Waals surface area contributed by atoms with Crippen LogP contribution in [0.2, 0.25) is 0 Å². The summed E-state index contributed by atoms with van der Waals surface area (Å²) < 4.78 is 59.2. The molecule has 0 aromatic heterocycles. The van der Waals surface area contributed by atoms with Crippen LogP contribution in [-0.4, -0.2) is 31.5 Å². The van der Waals surface area contributed by atoms with Crippen LogP contribution in [0.1, 0.15) is 18.4 Å². The lowest BCUT2D eigenvalue weighted by Crippen LogP contribution is -2.37. The molecule has 1 saturated heterocycles. The Morgan fingerprint density at radius 3 is 2.24 bits per heavy atom. The fourth-order valence-corrected chi connectivity index (χ4v) is 4.20. The summed E-state index contributed by atoms with van der Waals surface area (Å²) in [6.07, 6.45) is 1.18. The van der Waals surface area contributed by atoms with Crippen LogP contribution in [0.15, 0.2) is 29.2 Å². The van der Waals surface area contributed by atoms with Gasteiger partial charge in [0, 0.05) is 17.5 Å². The normalized spacial score (nSPS) is 19.6. The third-order valence-electron chi connectivity index (χ3n) is 3.31. The van der Waals surface area contributed by atoms with Gasteiger partial charge in [-0.05, 0) is 42.3 Å². The highest BCUT2D eigenvalue weighted by molar-refractivity contribution is 8.00. The van der Waals surface area contributed by atoms with E-state index >= 15 is 0 Å². The smallest absolute Gasteiger partial charge is 0.310 e. The van der Waals surface area contributed by atoms with Crippen molar-refractivity contribution in [2.75, 3.05) is 11.5 Å².